The second-order valence-electron chi connectivity index (χ2n) is 4.03. The van der Waals surface area contributed by atoms with Gasteiger partial charge in [0.1, 0.15) is 6.10 Å². The third kappa shape index (κ3) is 5.09. The summed E-state index contributed by atoms with van der Waals surface area (Å²) in [5.41, 5.74) is 5.13. The summed E-state index contributed by atoms with van der Waals surface area (Å²) in [4.78, 5) is 11.0. The Morgan fingerprint density at radius 1 is 1.58 bits per heavy atom. The van der Waals surface area contributed by atoms with Crippen LogP contribution in [0.5, 0.6) is 0 Å². The number of aliphatic hydroxyl groups excluding tert-OH is 1. The van der Waals surface area contributed by atoms with Gasteiger partial charge in [0.25, 0.3) is 0 Å². The summed E-state index contributed by atoms with van der Waals surface area (Å²) >= 11 is 0. The molecule has 0 aromatic rings. The Balaban J connectivity index is 3.72. The van der Waals surface area contributed by atoms with Crippen molar-refractivity contribution in [2.45, 2.75) is 26.9 Å². The highest BCUT2D eigenvalue weighted by Crippen LogP contribution is 2.09. The molecule has 0 heterocycles. The predicted molar refractivity (Wildman–Crippen MR) is 47.5 cm³/mol. The van der Waals surface area contributed by atoms with Crippen LogP contribution in [0.3, 0.4) is 0 Å². The molecule has 0 fully saturated rings. The molecular formula is C8H18N2O2. The minimum Gasteiger partial charge on any atom is -0.382 e. The van der Waals surface area contributed by atoms with E-state index in [2.05, 4.69) is 5.32 Å². The number of amides is 1. The molecule has 1 amide bonds. The van der Waals surface area contributed by atoms with Gasteiger partial charge in [0.2, 0.25) is 5.91 Å². The summed E-state index contributed by atoms with van der Waals surface area (Å²) in [6, 6.07) is 0. The van der Waals surface area contributed by atoms with Gasteiger partial charge in [-0.15, -0.1) is 0 Å². The summed E-state index contributed by atoms with van der Waals surface area (Å²) in [5, 5.41) is 11.6. The van der Waals surface area contributed by atoms with Crippen molar-refractivity contribution in [1.29, 1.82) is 0 Å². The Bertz CT molecular complexity index is 152. The minimum absolute atomic E-state index is 0.0317. The van der Waals surface area contributed by atoms with E-state index in [0.717, 1.165) is 0 Å². The number of hydrogen-bond acceptors (Lipinski definition) is 3. The van der Waals surface area contributed by atoms with E-state index < -0.39 is 12.0 Å². The molecule has 1 unspecified atom stereocenters. The lowest BCUT2D eigenvalue weighted by molar-refractivity contribution is -0.129. The molecule has 1 atom stereocenters. The number of rotatable bonds is 3. The molecule has 0 spiro atoms. The average Bonchev–Trinajstić information content (AvgIpc) is 1.97. The quantitative estimate of drug-likeness (QED) is 0.538. The number of nitrogens with one attached hydrogen (secondary N) is 1. The van der Waals surface area contributed by atoms with Gasteiger partial charge in [-0.25, -0.2) is 0 Å². The molecule has 72 valence electrons. The smallest absolute Gasteiger partial charge is 0.250 e. The Labute approximate surface area is 73.1 Å². The molecule has 0 saturated carbocycles. The van der Waals surface area contributed by atoms with E-state index in [4.69, 9.17) is 10.8 Å². The largest absolute Gasteiger partial charge is 0.382 e. The van der Waals surface area contributed by atoms with E-state index in [1.54, 1.807) is 0 Å². The molecule has 4 heteroatoms. The summed E-state index contributed by atoms with van der Waals surface area (Å²) in [5.74, 6) is -0.396. The Kier molecular flexibility index (Phi) is 4.20. The first-order chi connectivity index (χ1) is 5.37. The molecule has 0 saturated heterocycles. The van der Waals surface area contributed by atoms with Gasteiger partial charge in [0, 0.05) is 13.1 Å². The molecule has 0 aliphatic rings. The van der Waals surface area contributed by atoms with E-state index in [1.165, 1.54) is 0 Å². The monoisotopic (exact) mass is 174 g/mol. The van der Waals surface area contributed by atoms with Gasteiger partial charge in [-0.05, 0) is 5.41 Å². The van der Waals surface area contributed by atoms with Crippen molar-refractivity contribution in [2.75, 3.05) is 13.1 Å². The van der Waals surface area contributed by atoms with Crippen LogP contribution >= 0.6 is 0 Å². The van der Waals surface area contributed by atoms with Crippen LogP contribution in [0.4, 0.5) is 0 Å². The van der Waals surface area contributed by atoms with E-state index in [1.807, 2.05) is 20.8 Å². The highest BCUT2D eigenvalue weighted by Gasteiger charge is 2.16. The van der Waals surface area contributed by atoms with Gasteiger partial charge in [-0.1, -0.05) is 20.8 Å². The van der Waals surface area contributed by atoms with E-state index in [-0.39, 0.29) is 12.0 Å². The fraction of sp³-hybridized carbons (Fsp3) is 0.875. The number of carbonyl (C=O) groups is 1. The molecule has 0 aliphatic carbocycles. The van der Waals surface area contributed by atoms with Crippen LogP contribution in [0, 0.1) is 5.41 Å². The third-order valence-electron chi connectivity index (χ3n) is 1.32. The highest BCUT2D eigenvalue weighted by molar-refractivity contribution is 5.80. The van der Waals surface area contributed by atoms with Gasteiger partial charge in [0.15, 0.2) is 0 Å². The van der Waals surface area contributed by atoms with Crippen LogP contribution < -0.4 is 11.1 Å². The first-order valence-corrected chi connectivity index (χ1v) is 4.02. The van der Waals surface area contributed by atoms with Crippen molar-refractivity contribution < 1.29 is 9.90 Å². The SMILES string of the molecule is CC(C)(C)CNC(=O)C(O)CN. The highest BCUT2D eigenvalue weighted by atomic mass is 16.3. The molecule has 0 radical (unpaired) electrons. The molecule has 0 aliphatic heterocycles. The molecule has 0 bridgehead atoms. The molecule has 0 aromatic heterocycles. The average molecular weight is 174 g/mol. The predicted octanol–water partition coefficient (Wildman–Crippen LogP) is -0.532. The van der Waals surface area contributed by atoms with Crippen molar-refractivity contribution in [3.63, 3.8) is 0 Å². The van der Waals surface area contributed by atoms with Crippen LogP contribution in [0.2, 0.25) is 0 Å². The Morgan fingerprint density at radius 2 is 2.08 bits per heavy atom. The molecule has 12 heavy (non-hydrogen) atoms. The second kappa shape index (κ2) is 4.42. The maximum absolute atomic E-state index is 11.0. The van der Waals surface area contributed by atoms with Crippen molar-refractivity contribution in [1.82, 2.24) is 5.32 Å². The Morgan fingerprint density at radius 3 is 2.42 bits per heavy atom. The summed E-state index contributed by atoms with van der Waals surface area (Å²) in [6.45, 7) is 6.52. The van der Waals surface area contributed by atoms with Crippen molar-refractivity contribution >= 4 is 5.91 Å². The maximum atomic E-state index is 11.0. The minimum atomic E-state index is -1.08. The normalized spacial score (nSPS) is 14.1. The van der Waals surface area contributed by atoms with Crippen molar-refractivity contribution in [2.24, 2.45) is 11.1 Å². The standard InChI is InChI=1S/C8H18N2O2/c1-8(2,3)5-10-7(12)6(11)4-9/h6,11H,4-5,9H2,1-3H3,(H,10,12). The number of aliphatic hydroxyl groups is 1. The topological polar surface area (TPSA) is 75.3 Å². The van der Waals surface area contributed by atoms with Crippen molar-refractivity contribution in [3.8, 4) is 0 Å². The molecular weight excluding hydrogens is 156 g/mol. The first kappa shape index (κ1) is 11.4. The van der Waals surface area contributed by atoms with Crippen LogP contribution in [0.1, 0.15) is 20.8 Å². The summed E-state index contributed by atoms with van der Waals surface area (Å²) in [7, 11) is 0. The first-order valence-electron chi connectivity index (χ1n) is 4.02. The lowest BCUT2D eigenvalue weighted by Gasteiger charge is -2.19. The van der Waals surface area contributed by atoms with E-state index >= 15 is 0 Å². The zero-order valence-corrected chi connectivity index (χ0v) is 7.92. The summed E-state index contributed by atoms with van der Waals surface area (Å²) in [6.07, 6.45) is -1.08. The Hall–Kier alpha value is -0.610. The lowest BCUT2D eigenvalue weighted by Crippen LogP contribution is -2.42. The molecule has 0 rings (SSSR count). The zero-order chi connectivity index (χ0) is 9.78. The van der Waals surface area contributed by atoms with Gasteiger partial charge >= 0.3 is 0 Å². The van der Waals surface area contributed by atoms with Crippen LogP contribution in [0.15, 0.2) is 0 Å². The number of carbonyl (C=O) groups excluding carboxylic acids is 1. The molecule has 4 N–H and O–H groups in total. The van der Waals surface area contributed by atoms with Crippen LogP contribution in [0.25, 0.3) is 0 Å². The molecule has 0 aromatic carbocycles. The second-order valence-corrected chi connectivity index (χ2v) is 4.03. The van der Waals surface area contributed by atoms with E-state index in [0.29, 0.717) is 6.54 Å². The van der Waals surface area contributed by atoms with E-state index in [9.17, 15) is 4.79 Å². The fourth-order valence-electron chi connectivity index (χ4n) is 0.577. The van der Waals surface area contributed by atoms with Crippen LogP contribution in [-0.2, 0) is 4.79 Å². The zero-order valence-electron chi connectivity index (χ0n) is 7.92. The van der Waals surface area contributed by atoms with Gasteiger partial charge < -0.3 is 16.2 Å². The number of hydrogen-bond donors (Lipinski definition) is 3. The van der Waals surface area contributed by atoms with Crippen molar-refractivity contribution in [3.05, 3.63) is 0 Å². The maximum Gasteiger partial charge on any atom is 0.250 e. The summed E-state index contributed by atoms with van der Waals surface area (Å²) < 4.78 is 0. The fourth-order valence-corrected chi connectivity index (χ4v) is 0.577. The third-order valence-corrected chi connectivity index (χ3v) is 1.32. The number of nitrogens with two attached hydrogens (primary N) is 1. The van der Waals surface area contributed by atoms with Gasteiger partial charge in [-0.3, -0.25) is 4.79 Å². The van der Waals surface area contributed by atoms with Gasteiger partial charge in [0.05, 0.1) is 0 Å². The van der Waals surface area contributed by atoms with Crippen LogP contribution in [-0.4, -0.2) is 30.2 Å². The van der Waals surface area contributed by atoms with Gasteiger partial charge in [-0.2, -0.15) is 0 Å². The lowest BCUT2D eigenvalue weighted by atomic mass is 9.97. The molecule has 4 nitrogen and oxygen atoms in total.